The number of aromatic nitrogens is 2. The summed E-state index contributed by atoms with van der Waals surface area (Å²) in [7, 11) is 0. The van der Waals surface area contributed by atoms with Crippen LogP contribution in [0.5, 0.6) is 0 Å². The summed E-state index contributed by atoms with van der Waals surface area (Å²) in [6.07, 6.45) is 6.48. The summed E-state index contributed by atoms with van der Waals surface area (Å²) in [5, 5.41) is 8.04. The van der Waals surface area contributed by atoms with Crippen LogP contribution in [0.4, 0.5) is 0 Å². The van der Waals surface area contributed by atoms with Crippen LogP contribution >= 0.6 is 11.6 Å². The number of nitrogens with one attached hydrogen (secondary N) is 1. The van der Waals surface area contributed by atoms with Gasteiger partial charge in [-0.2, -0.15) is 5.10 Å². The first kappa shape index (κ1) is 14.5. The summed E-state index contributed by atoms with van der Waals surface area (Å²) in [6.45, 7) is 4.96. The van der Waals surface area contributed by atoms with Crippen LogP contribution in [0.2, 0.25) is 5.02 Å². The average Bonchev–Trinajstić information content (AvgIpc) is 2.79. The van der Waals surface area contributed by atoms with E-state index in [-0.39, 0.29) is 5.78 Å². The van der Waals surface area contributed by atoms with Gasteiger partial charge in [-0.25, -0.2) is 0 Å². The van der Waals surface area contributed by atoms with Gasteiger partial charge in [0.15, 0.2) is 5.78 Å². The standard InChI is InChI=1S/C14H22ClN3O/c1-2-8-18-14(12(15)10-17-18)13(19)6-5-11-4-3-7-16-9-11/h10-11,16H,2-9H2,1H3. The van der Waals surface area contributed by atoms with E-state index in [0.717, 1.165) is 32.5 Å². The maximum Gasteiger partial charge on any atom is 0.182 e. The van der Waals surface area contributed by atoms with E-state index in [1.54, 1.807) is 10.9 Å². The predicted molar refractivity (Wildman–Crippen MR) is 76.7 cm³/mol. The van der Waals surface area contributed by atoms with Crippen LogP contribution < -0.4 is 5.32 Å². The maximum absolute atomic E-state index is 12.3. The van der Waals surface area contributed by atoms with Crippen molar-refractivity contribution in [3.63, 3.8) is 0 Å². The van der Waals surface area contributed by atoms with Crippen molar-refractivity contribution in [2.75, 3.05) is 13.1 Å². The highest BCUT2D eigenvalue weighted by atomic mass is 35.5. The number of halogens is 1. The molecule has 2 heterocycles. The van der Waals surface area contributed by atoms with Gasteiger partial charge in [-0.15, -0.1) is 0 Å². The van der Waals surface area contributed by atoms with E-state index in [0.29, 0.717) is 23.1 Å². The number of hydrogen-bond donors (Lipinski definition) is 1. The van der Waals surface area contributed by atoms with Crippen LogP contribution in [-0.4, -0.2) is 28.7 Å². The first-order valence-electron chi connectivity index (χ1n) is 7.17. The molecule has 1 saturated heterocycles. The van der Waals surface area contributed by atoms with Gasteiger partial charge in [0, 0.05) is 13.0 Å². The van der Waals surface area contributed by atoms with Gasteiger partial charge < -0.3 is 5.32 Å². The third kappa shape index (κ3) is 3.80. The summed E-state index contributed by atoms with van der Waals surface area (Å²) in [5.74, 6) is 0.751. The molecule has 5 heteroatoms. The Morgan fingerprint density at radius 3 is 3.16 bits per heavy atom. The van der Waals surface area contributed by atoms with Crippen molar-refractivity contribution in [3.05, 3.63) is 16.9 Å². The Morgan fingerprint density at radius 1 is 1.63 bits per heavy atom. The second-order valence-electron chi connectivity index (χ2n) is 5.24. The summed E-state index contributed by atoms with van der Waals surface area (Å²) in [5.41, 5.74) is 0.590. The summed E-state index contributed by atoms with van der Waals surface area (Å²) >= 11 is 6.08. The van der Waals surface area contributed by atoms with Crippen molar-refractivity contribution in [3.8, 4) is 0 Å². The van der Waals surface area contributed by atoms with E-state index in [4.69, 9.17) is 11.6 Å². The fourth-order valence-electron chi connectivity index (χ4n) is 2.65. The number of carbonyl (C=O) groups is 1. The molecule has 106 valence electrons. The molecular formula is C14H22ClN3O. The molecule has 1 fully saturated rings. The highest BCUT2D eigenvalue weighted by Crippen LogP contribution is 2.21. The molecule has 0 amide bonds. The van der Waals surface area contributed by atoms with E-state index in [1.807, 2.05) is 0 Å². The molecule has 1 aliphatic rings. The first-order valence-corrected chi connectivity index (χ1v) is 7.55. The van der Waals surface area contributed by atoms with E-state index < -0.39 is 0 Å². The molecular weight excluding hydrogens is 262 g/mol. The summed E-state index contributed by atoms with van der Waals surface area (Å²) < 4.78 is 1.74. The van der Waals surface area contributed by atoms with Gasteiger partial charge in [-0.05, 0) is 44.7 Å². The lowest BCUT2D eigenvalue weighted by molar-refractivity contribution is 0.0961. The quantitative estimate of drug-likeness (QED) is 0.817. The number of nitrogens with zero attached hydrogens (tertiary/aromatic N) is 2. The number of ketones is 1. The normalized spacial score (nSPS) is 19.6. The molecule has 2 rings (SSSR count). The third-order valence-electron chi connectivity index (χ3n) is 3.67. The van der Waals surface area contributed by atoms with E-state index in [9.17, 15) is 4.79 Å². The molecule has 0 radical (unpaired) electrons. The van der Waals surface area contributed by atoms with Crippen LogP contribution in [-0.2, 0) is 6.54 Å². The van der Waals surface area contributed by atoms with Gasteiger partial charge >= 0.3 is 0 Å². The lowest BCUT2D eigenvalue weighted by Gasteiger charge is -2.22. The van der Waals surface area contributed by atoms with Gasteiger partial charge in [0.25, 0.3) is 0 Å². The van der Waals surface area contributed by atoms with Crippen molar-refractivity contribution in [2.24, 2.45) is 5.92 Å². The van der Waals surface area contributed by atoms with Crippen LogP contribution in [0.25, 0.3) is 0 Å². The Bertz CT molecular complexity index is 424. The number of piperidine rings is 1. The topological polar surface area (TPSA) is 46.9 Å². The van der Waals surface area contributed by atoms with Crippen LogP contribution in [0, 0.1) is 5.92 Å². The molecule has 0 spiro atoms. The highest BCUT2D eigenvalue weighted by molar-refractivity contribution is 6.33. The molecule has 1 atom stereocenters. The maximum atomic E-state index is 12.3. The van der Waals surface area contributed by atoms with Crippen molar-refractivity contribution in [2.45, 2.75) is 45.6 Å². The first-order chi connectivity index (χ1) is 9.22. The molecule has 1 aromatic heterocycles. The summed E-state index contributed by atoms with van der Waals surface area (Å²) in [4.78, 5) is 12.3. The van der Waals surface area contributed by atoms with E-state index in [1.165, 1.54) is 12.8 Å². The molecule has 4 nitrogen and oxygen atoms in total. The van der Waals surface area contributed by atoms with Gasteiger partial charge in [0.05, 0.1) is 11.2 Å². The van der Waals surface area contributed by atoms with Crippen molar-refractivity contribution < 1.29 is 4.79 Å². The number of Topliss-reactive ketones (excluding diaryl/α,β-unsaturated/α-hetero) is 1. The van der Waals surface area contributed by atoms with Gasteiger partial charge in [0.1, 0.15) is 5.69 Å². The number of hydrogen-bond acceptors (Lipinski definition) is 3. The molecule has 0 bridgehead atoms. The fourth-order valence-corrected chi connectivity index (χ4v) is 2.89. The minimum atomic E-state index is 0.126. The van der Waals surface area contributed by atoms with E-state index in [2.05, 4.69) is 17.3 Å². The van der Waals surface area contributed by atoms with Crippen LogP contribution in [0.1, 0.15) is 49.5 Å². The predicted octanol–water partition coefficient (Wildman–Crippen LogP) is 2.91. The molecule has 0 aliphatic carbocycles. The molecule has 1 aliphatic heterocycles. The van der Waals surface area contributed by atoms with Crippen molar-refractivity contribution in [1.29, 1.82) is 0 Å². The molecule has 1 N–H and O–H groups in total. The van der Waals surface area contributed by atoms with Crippen molar-refractivity contribution >= 4 is 17.4 Å². The molecule has 1 aromatic rings. The van der Waals surface area contributed by atoms with E-state index >= 15 is 0 Å². The zero-order valence-corrected chi connectivity index (χ0v) is 12.2. The van der Waals surface area contributed by atoms with Gasteiger partial charge in [-0.1, -0.05) is 18.5 Å². The number of rotatable bonds is 6. The van der Waals surface area contributed by atoms with Crippen LogP contribution in [0.15, 0.2) is 6.20 Å². The Hall–Kier alpha value is -0.870. The average molecular weight is 284 g/mol. The lowest BCUT2D eigenvalue weighted by Crippen LogP contribution is -2.30. The van der Waals surface area contributed by atoms with Crippen molar-refractivity contribution in [1.82, 2.24) is 15.1 Å². The minimum absolute atomic E-state index is 0.126. The molecule has 1 unspecified atom stereocenters. The molecule has 0 saturated carbocycles. The smallest absolute Gasteiger partial charge is 0.182 e. The number of aryl methyl sites for hydroxylation is 1. The van der Waals surface area contributed by atoms with Crippen LogP contribution in [0.3, 0.4) is 0 Å². The lowest BCUT2D eigenvalue weighted by atomic mass is 9.93. The van der Waals surface area contributed by atoms with Gasteiger partial charge in [-0.3, -0.25) is 9.48 Å². The largest absolute Gasteiger partial charge is 0.316 e. The second kappa shape index (κ2) is 7.06. The monoisotopic (exact) mass is 283 g/mol. The Balaban J connectivity index is 1.93. The number of carbonyl (C=O) groups excluding carboxylic acids is 1. The Morgan fingerprint density at radius 2 is 2.47 bits per heavy atom. The summed E-state index contributed by atoms with van der Waals surface area (Å²) in [6, 6.07) is 0. The molecule has 0 aromatic carbocycles. The Labute approximate surface area is 119 Å². The highest BCUT2D eigenvalue weighted by Gasteiger charge is 2.19. The zero-order chi connectivity index (χ0) is 13.7. The Kier molecular flexibility index (Phi) is 5.40. The third-order valence-corrected chi connectivity index (χ3v) is 3.95. The zero-order valence-electron chi connectivity index (χ0n) is 11.5. The van der Waals surface area contributed by atoms with Gasteiger partial charge in [0.2, 0.25) is 0 Å². The fraction of sp³-hybridized carbons (Fsp3) is 0.714. The second-order valence-corrected chi connectivity index (χ2v) is 5.65. The molecule has 19 heavy (non-hydrogen) atoms. The minimum Gasteiger partial charge on any atom is -0.316 e. The SMILES string of the molecule is CCCn1ncc(Cl)c1C(=O)CCC1CCCNC1.